The van der Waals surface area contributed by atoms with E-state index in [-0.39, 0.29) is 18.3 Å². The molecule has 1 saturated heterocycles. The second kappa shape index (κ2) is 9.55. The fraction of sp³-hybridized carbons (Fsp3) is 0.750. The molecule has 0 unspecified atom stereocenters. The Hall–Kier alpha value is -1.34. The average Bonchev–Trinajstić information content (AvgIpc) is 3.14. The molecule has 0 aromatic heterocycles. The Bertz CT molecular complexity index is 378. The predicted octanol–water partition coefficient (Wildman–Crippen LogP) is 2.64. The van der Waals surface area contributed by atoms with Crippen molar-refractivity contribution >= 4 is 11.8 Å². The highest BCUT2D eigenvalue weighted by Gasteiger charge is 2.36. The van der Waals surface area contributed by atoms with Crippen LogP contribution in [0.1, 0.15) is 58.8 Å². The number of esters is 1. The minimum absolute atomic E-state index is 0.0621. The summed E-state index contributed by atoms with van der Waals surface area (Å²) < 4.78 is 10.1. The number of ether oxygens (including phenoxy) is 2. The summed E-state index contributed by atoms with van der Waals surface area (Å²) in [7, 11) is 0. The zero-order valence-electron chi connectivity index (χ0n) is 12.4. The topological polar surface area (TPSA) is 55.9 Å². The highest BCUT2D eigenvalue weighted by molar-refractivity contribution is 5.95. The van der Waals surface area contributed by atoms with E-state index in [1.807, 2.05) is 0 Å². The lowest BCUT2D eigenvalue weighted by molar-refractivity contribution is -0.145. The second-order valence-electron chi connectivity index (χ2n) is 4.93. The molecule has 4 nitrogen and oxygen atoms in total. The van der Waals surface area contributed by atoms with E-state index < -0.39 is 5.97 Å². The van der Waals surface area contributed by atoms with Gasteiger partial charge in [0.25, 0.3) is 0 Å². The van der Waals surface area contributed by atoms with E-state index in [9.17, 15) is 9.59 Å². The van der Waals surface area contributed by atoms with Crippen LogP contribution < -0.4 is 0 Å². The smallest absolute Gasteiger partial charge is 0.313 e. The summed E-state index contributed by atoms with van der Waals surface area (Å²) in [5.74, 6) is 5.41. The quantitative estimate of drug-likeness (QED) is 0.214. The monoisotopic (exact) mass is 280 g/mol. The highest BCUT2D eigenvalue weighted by Crippen LogP contribution is 2.26. The van der Waals surface area contributed by atoms with E-state index in [1.165, 1.54) is 19.3 Å². The summed E-state index contributed by atoms with van der Waals surface area (Å²) in [4.78, 5) is 22.5. The first-order valence-electron chi connectivity index (χ1n) is 7.48. The van der Waals surface area contributed by atoms with Gasteiger partial charge in [0.1, 0.15) is 18.3 Å². The van der Waals surface area contributed by atoms with E-state index in [4.69, 9.17) is 9.47 Å². The molecule has 1 aliphatic heterocycles. The fourth-order valence-corrected chi connectivity index (χ4v) is 1.92. The number of hydrogen-bond acceptors (Lipinski definition) is 4. The largest absolute Gasteiger partial charge is 0.466 e. The molecule has 0 saturated carbocycles. The summed E-state index contributed by atoms with van der Waals surface area (Å²) in [5.41, 5.74) is 0. The molecule has 0 aliphatic carbocycles. The van der Waals surface area contributed by atoms with E-state index in [1.54, 1.807) is 6.92 Å². The lowest BCUT2D eigenvalue weighted by Crippen LogP contribution is -2.10. The first kappa shape index (κ1) is 16.7. The van der Waals surface area contributed by atoms with Crippen LogP contribution in [0.4, 0.5) is 0 Å². The van der Waals surface area contributed by atoms with Crippen molar-refractivity contribution in [3.8, 4) is 11.8 Å². The fourth-order valence-electron chi connectivity index (χ4n) is 1.92. The Kier molecular flexibility index (Phi) is 7.98. The van der Waals surface area contributed by atoms with Gasteiger partial charge < -0.3 is 9.47 Å². The Labute approximate surface area is 121 Å². The molecular weight excluding hydrogens is 256 g/mol. The van der Waals surface area contributed by atoms with Gasteiger partial charge >= 0.3 is 5.97 Å². The lowest BCUT2D eigenvalue weighted by atomic mass is 10.1. The molecule has 0 bridgehead atoms. The van der Waals surface area contributed by atoms with Crippen molar-refractivity contribution in [2.75, 3.05) is 6.61 Å². The Morgan fingerprint density at radius 3 is 2.75 bits per heavy atom. The summed E-state index contributed by atoms with van der Waals surface area (Å²) in [6, 6.07) is 0. The third-order valence-electron chi connectivity index (χ3n) is 3.09. The Balaban J connectivity index is 2.06. The van der Waals surface area contributed by atoms with E-state index in [0.717, 1.165) is 6.42 Å². The Morgan fingerprint density at radius 1 is 1.25 bits per heavy atom. The number of unbranched alkanes of at least 4 members (excludes halogenated alkanes) is 2. The number of carbonyl (C=O) groups is 2. The summed E-state index contributed by atoms with van der Waals surface area (Å²) in [5, 5.41) is 0. The van der Waals surface area contributed by atoms with Crippen molar-refractivity contribution in [1.29, 1.82) is 0 Å². The minimum atomic E-state index is -0.452. The van der Waals surface area contributed by atoms with Crippen LogP contribution in [0.2, 0.25) is 0 Å². The van der Waals surface area contributed by atoms with E-state index in [0.29, 0.717) is 25.6 Å². The molecule has 1 aliphatic rings. The maximum Gasteiger partial charge on any atom is 0.313 e. The SMILES string of the molecule is CCCCC[C@@H]1O[C@H]1C#CCCC(=O)CC(=O)OCC. The summed E-state index contributed by atoms with van der Waals surface area (Å²) in [6.07, 6.45) is 5.73. The van der Waals surface area contributed by atoms with Gasteiger partial charge in [0.05, 0.1) is 12.7 Å². The van der Waals surface area contributed by atoms with Crippen LogP contribution in [0.5, 0.6) is 0 Å². The first-order chi connectivity index (χ1) is 9.67. The zero-order valence-corrected chi connectivity index (χ0v) is 12.4. The van der Waals surface area contributed by atoms with Gasteiger partial charge in [-0.2, -0.15) is 0 Å². The average molecular weight is 280 g/mol. The molecule has 112 valence electrons. The van der Waals surface area contributed by atoms with Gasteiger partial charge in [-0.1, -0.05) is 38.0 Å². The van der Waals surface area contributed by atoms with Crippen LogP contribution in [0, 0.1) is 11.8 Å². The van der Waals surface area contributed by atoms with Gasteiger partial charge in [0.15, 0.2) is 0 Å². The number of Topliss-reactive ketones (excluding diaryl/α,β-unsaturated/α-hetero) is 1. The van der Waals surface area contributed by atoms with Crippen LogP contribution in [0.15, 0.2) is 0 Å². The number of epoxide rings is 1. The van der Waals surface area contributed by atoms with Crippen LogP contribution in [0.3, 0.4) is 0 Å². The molecule has 0 aromatic rings. The number of carbonyl (C=O) groups excluding carboxylic acids is 2. The first-order valence-corrected chi connectivity index (χ1v) is 7.48. The maximum atomic E-state index is 11.4. The van der Waals surface area contributed by atoms with Crippen molar-refractivity contribution in [2.45, 2.75) is 71.0 Å². The standard InChI is InChI=1S/C16H24O4/c1-3-5-6-10-14-15(20-14)11-8-7-9-13(17)12-16(18)19-4-2/h14-15H,3-7,9-10,12H2,1-2H3/t14-,15-/m0/s1. The summed E-state index contributed by atoms with van der Waals surface area (Å²) in [6.45, 7) is 4.21. The van der Waals surface area contributed by atoms with E-state index in [2.05, 4.69) is 18.8 Å². The minimum Gasteiger partial charge on any atom is -0.466 e. The normalized spacial score (nSPS) is 19.9. The van der Waals surface area contributed by atoms with Gasteiger partial charge in [-0.15, -0.1) is 0 Å². The van der Waals surface area contributed by atoms with Crippen LogP contribution in [0.25, 0.3) is 0 Å². The maximum absolute atomic E-state index is 11.4. The van der Waals surface area contributed by atoms with Crippen LogP contribution in [-0.4, -0.2) is 30.6 Å². The molecule has 1 fully saturated rings. The molecule has 0 aromatic carbocycles. The lowest BCUT2D eigenvalue weighted by Gasteiger charge is -1.99. The number of rotatable bonds is 9. The third-order valence-corrected chi connectivity index (χ3v) is 3.09. The number of hydrogen-bond donors (Lipinski definition) is 0. The van der Waals surface area contributed by atoms with Crippen molar-refractivity contribution in [3.05, 3.63) is 0 Å². The van der Waals surface area contributed by atoms with Crippen molar-refractivity contribution in [3.63, 3.8) is 0 Å². The molecule has 1 heterocycles. The van der Waals surface area contributed by atoms with Gasteiger partial charge in [-0.3, -0.25) is 9.59 Å². The predicted molar refractivity (Wildman–Crippen MR) is 76.1 cm³/mol. The molecule has 0 amide bonds. The molecule has 0 spiro atoms. The summed E-state index contributed by atoms with van der Waals surface area (Å²) >= 11 is 0. The van der Waals surface area contributed by atoms with Gasteiger partial charge in [0, 0.05) is 12.8 Å². The zero-order chi connectivity index (χ0) is 14.8. The second-order valence-corrected chi connectivity index (χ2v) is 4.93. The van der Waals surface area contributed by atoms with Crippen molar-refractivity contribution < 1.29 is 19.1 Å². The molecule has 1 rings (SSSR count). The van der Waals surface area contributed by atoms with Crippen LogP contribution >= 0.6 is 0 Å². The van der Waals surface area contributed by atoms with Crippen LogP contribution in [-0.2, 0) is 19.1 Å². The van der Waals surface area contributed by atoms with Crippen molar-refractivity contribution in [2.24, 2.45) is 0 Å². The van der Waals surface area contributed by atoms with Gasteiger partial charge in [0.2, 0.25) is 0 Å². The third kappa shape index (κ3) is 7.30. The van der Waals surface area contributed by atoms with Crippen molar-refractivity contribution in [1.82, 2.24) is 0 Å². The molecule has 0 N–H and O–H groups in total. The highest BCUT2D eigenvalue weighted by atomic mass is 16.6. The van der Waals surface area contributed by atoms with E-state index >= 15 is 0 Å². The molecule has 2 atom stereocenters. The Morgan fingerprint density at radius 2 is 2.05 bits per heavy atom. The van der Waals surface area contributed by atoms with Gasteiger partial charge in [-0.25, -0.2) is 0 Å². The molecular formula is C16H24O4. The van der Waals surface area contributed by atoms with Gasteiger partial charge in [-0.05, 0) is 13.3 Å². The molecule has 0 radical (unpaired) electrons. The number of ketones is 1. The molecule has 4 heteroatoms. The molecule has 20 heavy (non-hydrogen) atoms.